The Morgan fingerprint density at radius 3 is 0.958 bits per heavy atom. The van der Waals surface area contributed by atoms with Crippen LogP contribution in [0.3, 0.4) is 0 Å². The van der Waals surface area contributed by atoms with Crippen LogP contribution in [0.1, 0.15) is 110 Å². The second-order valence-corrected chi connectivity index (χ2v) is 8.32. The first kappa shape index (κ1) is 29.2. The van der Waals surface area contributed by atoms with Crippen molar-refractivity contribution in [2.45, 2.75) is 110 Å². The molecular formula is C21H50ClNSi. The van der Waals surface area contributed by atoms with Crippen LogP contribution in [0.25, 0.3) is 0 Å². The lowest BCUT2D eigenvalue weighted by molar-refractivity contribution is -0.870. The minimum absolute atomic E-state index is 0. The van der Waals surface area contributed by atoms with Gasteiger partial charge in [-0.3, -0.25) is 0 Å². The molecule has 0 saturated carbocycles. The molecule has 0 fully saturated rings. The Morgan fingerprint density at radius 2 is 0.708 bits per heavy atom. The first-order chi connectivity index (χ1) is 10.6. The van der Waals surface area contributed by atoms with E-state index in [0.29, 0.717) is 0 Å². The second kappa shape index (κ2) is 21.5. The monoisotopic (exact) mass is 379 g/mol. The zero-order valence-electron chi connectivity index (χ0n) is 16.8. The Labute approximate surface area is 165 Å². The van der Waals surface area contributed by atoms with E-state index in [1.807, 2.05) is 0 Å². The van der Waals surface area contributed by atoms with E-state index < -0.39 is 0 Å². The zero-order chi connectivity index (χ0) is 16.5. The molecule has 0 aromatic heterocycles. The minimum atomic E-state index is 0. The molecule has 0 heterocycles. The molecule has 1 nitrogen and oxygen atoms in total. The Morgan fingerprint density at radius 1 is 0.458 bits per heavy atom. The third-order valence-electron chi connectivity index (χ3n) is 4.68. The van der Waals surface area contributed by atoms with Gasteiger partial charge in [0.05, 0.1) is 27.7 Å². The van der Waals surface area contributed by atoms with Crippen molar-refractivity contribution in [2.24, 2.45) is 0 Å². The van der Waals surface area contributed by atoms with Crippen molar-refractivity contribution in [2.75, 3.05) is 27.7 Å². The van der Waals surface area contributed by atoms with E-state index in [0.717, 1.165) is 4.48 Å². The molecule has 3 heteroatoms. The van der Waals surface area contributed by atoms with E-state index in [4.69, 9.17) is 0 Å². The molecule has 0 radical (unpaired) electrons. The average molecular weight is 380 g/mol. The smallest absolute Gasteiger partial charge is 0.0780 e. The van der Waals surface area contributed by atoms with Gasteiger partial charge in [-0.25, -0.2) is 0 Å². The van der Waals surface area contributed by atoms with Gasteiger partial charge in [0.1, 0.15) is 0 Å². The number of halogens is 1. The highest BCUT2D eigenvalue weighted by atomic mass is 35.5. The molecule has 150 valence electrons. The molecule has 0 bridgehead atoms. The number of unbranched alkanes of at least 4 members (excludes halogenated alkanes) is 15. The Hall–Kier alpha value is 0.467. The van der Waals surface area contributed by atoms with Gasteiger partial charge < -0.3 is 16.9 Å². The summed E-state index contributed by atoms with van der Waals surface area (Å²) in [7, 11) is 6.89. The van der Waals surface area contributed by atoms with Gasteiger partial charge in [-0.2, -0.15) is 0 Å². The van der Waals surface area contributed by atoms with E-state index in [-0.39, 0.29) is 23.4 Å². The van der Waals surface area contributed by atoms with E-state index in [9.17, 15) is 0 Å². The largest absolute Gasteiger partial charge is 1.00 e. The summed E-state index contributed by atoms with van der Waals surface area (Å²) in [5.41, 5.74) is 0. The average Bonchev–Trinajstić information content (AvgIpc) is 2.45. The van der Waals surface area contributed by atoms with Crippen molar-refractivity contribution < 1.29 is 16.9 Å². The molecule has 0 amide bonds. The number of rotatable bonds is 17. The van der Waals surface area contributed by atoms with Crippen molar-refractivity contribution in [1.82, 2.24) is 0 Å². The summed E-state index contributed by atoms with van der Waals surface area (Å²) in [6.07, 6.45) is 23.4. The normalized spacial score (nSPS) is 11.0. The Kier molecular flexibility index (Phi) is 26.2. The lowest BCUT2D eigenvalue weighted by Crippen LogP contribution is -3.00. The Bertz CT molecular complexity index is 216. The predicted molar refractivity (Wildman–Crippen MR) is 114 cm³/mol. The molecule has 0 aromatic rings. The van der Waals surface area contributed by atoms with Gasteiger partial charge in [0, 0.05) is 0 Å². The van der Waals surface area contributed by atoms with E-state index >= 15 is 0 Å². The number of hydrogen-bond acceptors (Lipinski definition) is 0. The maximum atomic E-state index is 2.30. The van der Waals surface area contributed by atoms with E-state index in [2.05, 4.69) is 28.1 Å². The van der Waals surface area contributed by atoms with Crippen LogP contribution in [-0.4, -0.2) is 43.1 Å². The second-order valence-electron chi connectivity index (χ2n) is 8.32. The lowest BCUT2D eigenvalue weighted by atomic mass is 10.0. The molecule has 0 rings (SSSR count). The third kappa shape index (κ3) is 27.3. The molecule has 0 aliphatic carbocycles. The number of hydrogen-bond donors (Lipinski definition) is 0. The highest BCUT2D eigenvalue weighted by Gasteiger charge is 2.04. The molecule has 0 atom stereocenters. The number of quaternary nitrogens is 1. The van der Waals surface area contributed by atoms with Crippen LogP contribution in [0, 0.1) is 0 Å². The summed E-state index contributed by atoms with van der Waals surface area (Å²) in [6, 6.07) is 0. The fourth-order valence-electron chi connectivity index (χ4n) is 3.13. The van der Waals surface area contributed by atoms with Crippen LogP contribution in [-0.2, 0) is 0 Å². The van der Waals surface area contributed by atoms with Crippen LogP contribution >= 0.6 is 0 Å². The van der Waals surface area contributed by atoms with Crippen molar-refractivity contribution >= 4 is 11.0 Å². The summed E-state index contributed by atoms with van der Waals surface area (Å²) in [5, 5.41) is 0. The van der Waals surface area contributed by atoms with Gasteiger partial charge in [-0.15, -0.1) is 0 Å². The van der Waals surface area contributed by atoms with Gasteiger partial charge in [-0.1, -0.05) is 96.8 Å². The summed E-state index contributed by atoms with van der Waals surface area (Å²) in [5.74, 6) is 0. The highest BCUT2D eigenvalue weighted by molar-refractivity contribution is 5.75. The molecule has 24 heavy (non-hydrogen) atoms. The standard InChI is InChI=1S/C21H46N.ClH.H4Si/c1-5-6-7-8-9-10-11-12-13-14-15-16-17-18-19-20-21-22(2,3)4;;/h5-21H2,1-4H3;1H;1H4/q+1;;/p-1. The molecule has 0 unspecified atom stereocenters. The summed E-state index contributed by atoms with van der Waals surface area (Å²) >= 11 is 0. The van der Waals surface area contributed by atoms with Crippen molar-refractivity contribution in [3.8, 4) is 0 Å². The van der Waals surface area contributed by atoms with Crippen molar-refractivity contribution in [3.63, 3.8) is 0 Å². The maximum absolute atomic E-state index is 2.30. The fraction of sp³-hybridized carbons (Fsp3) is 1.00. The van der Waals surface area contributed by atoms with Crippen LogP contribution in [0.15, 0.2) is 0 Å². The molecular weight excluding hydrogens is 330 g/mol. The zero-order valence-corrected chi connectivity index (χ0v) is 17.6. The van der Waals surface area contributed by atoms with Gasteiger partial charge >= 0.3 is 0 Å². The first-order valence-corrected chi connectivity index (χ1v) is 10.4. The van der Waals surface area contributed by atoms with Crippen molar-refractivity contribution in [3.05, 3.63) is 0 Å². The first-order valence-electron chi connectivity index (χ1n) is 10.4. The van der Waals surface area contributed by atoms with Crippen LogP contribution in [0.4, 0.5) is 0 Å². The van der Waals surface area contributed by atoms with Gasteiger partial charge in [0.25, 0.3) is 0 Å². The third-order valence-corrected chi connectivity index (χ3v) is 4.68. The molecule has 0 aliphatic rings. The minimum Gasteiger partial charge on any atom is -1.00 e. The lowest BCUT2D eigenvalue weighted by Gasteiger charge is -2.23. The van der Waals surface area contributed by atoms with Gasteiger partial charge in [0.15, 0.2) is 0 Å². The quantitative estimate of drug-likeness (QED) is 0.207. The molecule has 0 aromatic carbocycles. The van der Waals surface area contributed by atoms with Crippen LogP contribution in [0.2, 0.25) is 0 Å². The maximum Gasteiger partial charge on any atom is 0.0780 e. The predicted octanol–water partition coefficient (Wildman–Crippen LogP) is 2.51. The van der Waals surface area contributed by atoms with Crippen LogP contribution in [0.5, 0.6) is 0 Å². The van der Waals surface area contributed by atoms with Gasteiger partial charge in [0.2, 0.25) is 0 Å². The summed E-state index contributed by atoms with van der Waals surface area (Å²) in [6.45, 7) is 3.63. The van der Waals surface area contributed by atoms with E-state index in [1.165, 1.54) is 109 Å². The Balaban J connectivity index is -0.00000220. The number of nitrogens with zero attached hydrogens (tertiary/aromatic N) is 1. The molecule has 0 saturated heterocycles. The van der Waals surface area contributed by atoms with Crippen LogP contribution < -0.4 is 12.4 Å². The van der Waals surface area contributed by atoms with Gasteiger partial charge in [-0.05, 0) is 23.8 Å². The summed E-state index contributed by atoms with van der Waals surface area (Å²) in [4.78, 5) is 0. The molecule has 0 spiro atoms. The highest BCUT2D eigenvalue weighted by Crippen LogP contribution is 2.13. The molecule has 0 aliphatic heterocycles. The van der Waals surface area contributed by atoms with E-state index in [1.54, 1.807) is 0 Å². The summed E-state index contributed by atoms with van der Waals surface area (Å²) < 4.78 is 1.12. The molecule has 0 N–H and O–H groups in total. The topological polar surface area (TPSA) is 0 Å². The fourth-order valence-corrected chi connectivity index (χ4v) is 3.13. The van der Waals surface area contributed by atoms with Crippen molar-refractivity contribution in [1.29, 1.82) is 0 Å². The SMILES string of the molecule is CCCCCCCCCCCCCCCCCC[N+](C)(C)C.[Cl-].[SiH4].